The Balaban J connectivity index is 1.60. The number of hydrogen-bond donors (Lipinski definition) is 2. The summed E-state index contributed by atoms with van der Waals surface area (Å²) in [5.41, 5.74) is 2.03. The predicted octanol–water partition coefficient (Wildman–Crippen LogP) is 3.23. The molecule has 4 rings (SSSR count). The van der Waals surface area contributed by atoms with Crippen molar-refractivity contribution in [3.8, 4) is 5.75 Å². The molecule has 2 heterocycles. The average molecular weight is 323 g/mol. The van der Waals surface area contributed by atoms with Crippen molar-refractivity contribution >= 4 is 27.1 Å². The van der Waals surface area contributed by atoms with Crippen LogP contribution >= 0.6 is 11.3 Å². The van der Waals surface area contributed by atoms with Crippen molar-refractivity contribution in [3.63, 3.8) is 0 Å². The molecule has 0 atom stereocenters. The van der Waals surface area contributed by atoms with Crippen LogP contribution in [0.15, 0.2) is 54.6 Å². The van der Waals surface area contributed by atoms with Crippen LogP contribution in [0.4, 0.5) is 10.8 Å². The van der Waals surface area contributed by atoms with E-state index < -0.39 is 0 Å². The topological polar surface area (TPSA) is 75.3 Å². The molecule has 0 saturated carbocycles. The third-order valence-corrected chi connectivity index (χ3v) is 4.19. The molecule has 2 N–H and O–H groups in total. The Hall–Kier alpha value is -2.93. The van der Waals surface area contributed by atoms with Gasteiger partial charge >= 0.3 is 0 Å². The number of nitrogens with one attached hydrogen (secondary N) is 1. The molecule has 114 valence electrons. The second-order valence-electron chi connectivity index (χ2n) is 5.05. The van der Waals surface area contributed by atoms with Gasteiger partial charge in [0.05, 0.1) is 0 Å². The number of rotatable bonds is 4. The normalized spacial score (nSPS) is 11.0. The number of phenolic OH excluding ortho intramolecular Hbond substituents is 1. The summed E-state index contributed by atoms with van der Waals surface area (Å²) in [5, 5.41) is 26.3. The molecule has 23 heavy (non-hydrogen) atoms. The number of phenols is 1. The smallest absolute Gasteiger partial charge is 0.236 e. The van der Waals surface area contributed by atoms with Crippen LogP contribution in [-0.4, -0.2) is 24.9 Å². The van der Waals surface area contributed by atoms with E-state index in [0.29, 0.717) is 6.42 Å². The highest BCUT2D eigenvalue weighted by atomic mass is 32.1. The molecule has 0 aliphatic heterocycles. The third-order valence-electron chi connectivity index (χ3n) is 3.38. The molecule has 6 nitrogen and oxygen atoms in total. The fourth-order valence-electron chi connectivity index (χ4n) is 2.26. The summed E-state index contributed by atoms with van der Waals surface area (Å²) < 4.78 is 1.75. The van der Waals surface area contributed by atoms with Crippen LogP contribution in [0.5, 0.6) is 5.75 Å². The molecule has 0 radical (unpaired) electrons. The Morgan fingerprint density at radius 1 is 1.00 bits per heavy atom. The van der Waals surface area contributed by atoms with Crippen LogP contribution in [0.1, 0.15) is 11.4 Å². The van der Waals surface area contributed by atoms with Crippen molar-refractivity contribution in [3.05, 3.63) is 66.0 Å². The van der Waals surface area contributed by atoms with E-state index in [1.54, 1.807) is 16.6 Å². The van der Waals surface area contributed by atoms with Crippen molar-refractivity contribution in [2.45, 2.75) is 6.42 Å². The first-order chi connectivity index (χ1) is 11.3. The van der Waals surface area contributed by atoms with Crippen molar-refractivity contribution < 1.29 is 5.11 Å². The highest BCUT2D eigenvalue weighted by Crippen LogP contribution is 2.23. The molecule has 0 bridgehead atoms. The van der Waals surface area contributed by atoms with Crippen molar-refractivity contribution in [2.24, 2.45) is 0 Å². The van der Waals surface area contributed by atoms with E-state index in [4.69, 9.17) is 0 Å². The van der Waals surface area contributed by atoms with Gasteiger partial charge in [0.15, 0.2) is 5.82 Å². The second-order valence-corrected chi connectivity index (χ2v) is 6.01. The molecule has 0 fully saturated rings. The lowest BCUT2D eigenvalue weighted by molar-refractivity contribution is 0.475. The maximum Gasteiger partial charge on any atom is 0.236 e. The molecule has 7 heteroatoms. The van der Waals surface area contributed by atoms with Crippen molar-refractivity contribution in [2.75, 3.05) is 5.32 Å². The number of fused-ring (bicyclic) bond motifs is 1. The molecule has 0 aliphatic rings. The van der Waals surface area contributed by atoms with Gasteiger partial charge in [-0.05, 0) is 29.8 Å². The maximum atomic E-state index is 9.35. The number of nitrogens with zero attached hydrogens (tertiary/aromatic N) is 4. The van der Waals surface area contributed by atoms with E-state index in [0.717, 1.165) is 27.2 Å². The molecule has 4 aromatic rings. The van der Waals surface area contributed by atoms with Crippen LogP contribution in [-0.2, 0) is 6.42 Å². The lowest BCUT2D eigenvalue weighted by Gasteiger charge is -2.00. The molecule has 0 spiro atoms. The quantitative estimate of drug-likeness (QED) is 0.603. The largest absolute Gasteiger partial charge is 0.508 e. The van der Waals surface area contributed by atoms with E-state index in [-0.39, 0.29) is 5.75 Å². The van der Waals surface area contributed by atoms with Crippen LogP contribution in [0.3, 0.4) is 0 Å². The number of anilines is 2. The molecule has 0 amide bonds. The Morgan fingerprint density at radius 3 is 2.57 bits per heavy atom. The highest BCUT2D eigenvalue weighted by Gasteiger charge is 2.12. The maximum absolute atomic E-state index is 9.35. The second kappa shape index (κ2) is 5.69. The minimum Gasteiger partial charge on any atom is -0.508 e. The van der Waals surface area contributed by atoms with Gasteiger partial charge in [0.25, 0.3) is 0 Å². The zero-order valence-electron chi connectivity index (χ0n) is 12.0. The molecular weight excluding hydrogens is 310 g/mol. The molecule has 0 saturated heterocycles. The summed E-state index contributed by atoms with van der Waals surface area (Å²) in [7, 11) is 0. The number of hydrogen-bond acceptors (Lipinski definition) is 6. The number of aromatic nitrogens is 4. The minimum absolute atomic E-state index is 0.253. The molecular formula is C16H13N5OS. The van der Waals surface area contributed by atoms with Crippen LogP contribution in [0.25, 0.3) is 4.96 Å². The number of aromatic hydroxyl groups is 1. The zero-order chi connectivity index (χ0) is 15.6. The van der Waals surface area contributed by atoms with Crippen LogP contribution in [0.2, 0.25) is 0 Å². The first-order valence-corrected chi connectivity index (χ1v) is 7.91. The summed E-state index contributed by atoms with van der Waals surface area (Å²) in [6.45, 7) is 0. The average Bonchev–Trinajstić information content (AvgIpc) is 3.12. The number of para-hydroxylation sites is 1. The minimum atomic E-state index is 0.253. The predicted molar refractivity (Wildman–Crippen MR) is 89.3 cm³/mol. The summed E-state index contributed by atoms with van der Waals surface area (Å²) in [5.74, 6) is 1.02. The Kier molecular flexibility index (Phi) is 3.39. The van der Waals surface area contributed by atoms with Gasteiger partial charge in [-0.3, -0.25) is 0 Å². The fourth-order valence-corrected chi connectivity index (χ4v) is 3.04. The monoisotopic (exact) mass is 323 g/mol. The van der Waals surface area contributed by atoms with E-state index in [9.17, 15) is 5.11 Å². The Bertz CT molecular complexity index is 930. The van der Waals surface area contributed by atoms with Gasteiger partial charge in [-0.25, -0.2) is 0 Å². The van der Waals surface area contributed by atoms with Crippen LogP contribution in [0, 0.1) is 0 Å². The first kappa shape index (κ1) is 13.7. The molecule has 2 aromatic carbocycles. The van der Waals surface area contributed by atoms with E-state index in [1.807, 2.05) is 42.5 Å². The molecule has 0 aliphatic carbocycles. The van der Waals surface area contributed by atoms with Crippen molar-refractivity contribution in [1.82, 2.24) is 19.8 Å². The summed E-state index contributed by atoms with van der Waals surface area (Å²) >= 11 is 1.45. The van der Waals surface area contributed by atoms with Gasteiger partial charge in [-0.1, -0.05) is 41.7 Å². The summed E-state index contributed by atoms with van der Waals surface area (Å²) in [4.78, 5) is 0.747. The third kappa shape index (κ3) is 2.86. The van der Waals surface area contributed by atoms with E-state index >= 15 is 0 Å². The molecule has 0 unspecified atom stereocenters. The number of benzene rings is 2. The Labute approximate surface area is 136 Å². The van der Waals surface area contributed by atoms with Crippen LogP contribution < -0.4 is 5.32 Å². The van der Waals surface area contributed by atoms with Gasteiger partial charge < -0.3 is 10.4 Å². The van der Waals surface area contributed by atoms with Gasteiger partial charge in [0, 0.05) is 12.1 Å². The summed E-state index contributed by atoms with van der Waals surface area (Å²) in [6, 6.07) is 16.9. The SMILES string of the molecule is Oc1ccc(Cc2nnc3sc(Nc4ccccc4)nn23)cc1. The summed E-state index contributed by atoms with van der Waals surface area (Å²) in [6.07, 6.45) is 0.607. The van der Waals surface area contributed by atoms with E-state index in [1.165, 1.54) is 11.3 Å². The van der Waals surface area contributed by atoms with Crippen molar-refractivity contribution in [1.29, 1.82) is 0 Å². The highest BCUT2D eigenvalue weighted by molar-refractivity contribution is 7.20. The zero-order valence-corrected chi connectivity index (χ0v) is 12.9. The molecule has 2 aromatic heterocycles. The van der Waals surface area contributed by atoms with Gasteiger partial charge in [0.1, 0.15) is 5.75 Å². The van der Waals surface area contributed by atoms with Gasteiger partial charge in [-0.15, -0.1) is 15.3 Å². The lowest BCUT2D eigenvalue weighted by Crippen LogP contribution is -1.98. The standard InChI is InChI=1S/C16H13N5OS/c22-13-8-6-11(7-9-13)10-14-18-19-16-21(14)20-15(23-16)17-12-4-2-1-3-5-12/h1-9,22H,10H2,(H,17,20). The van der Waals surface area contributed by atoms with Gasteiger partial charge in [0.2, 0.25) is 10.1 Å². The first-order valence-electron chi connectivity index (χ1n) is 7.09. The Morgan fingerprint density at radius 2 is 1.78 bits per heavy atom. The fraction of sp³-hybridized carbons (Fsp3) is 0.0625. The van der Waals surface area contributed by atoms with Gasteiger partial charge in [-0.2, -0.15) is 4.52 Å². The lowest BCUT2D eigenvalue weighted by atomic mass is 10.1. The van der Waals surface area contributed by atoms with E-state index in [2.05, 4.69) is 20.6 Å².